The quantitative estimate of drug-likeness (QED) is 0.921. The summed E-state index contributed by atoms with van der Waals surface area (Å²) in [5.74, 6) is -0.742. The summed E-state index contributed by atoms with van der Waals surface area (Å²) in [4.78, 5) is 17.8. The Morgan fingerprint density at radius 1 is 1.48 bits per heavy atom. The molecule has 1 N–H and O–H groups in total. The van der Waals surface area contributed by atoms with Crippen LogP contribution in [0.2, 0.25) is 0 Å². The van der Waals surface area contributed by atoms with E-state index in [-0.39, 0.29) is 6.04 Å². The molecule has 2 aromatic rings. The van der Waals surface area contributed by atoms with E-state index in [2.05, 4.69) is 30.9 Å². The van der Waals surface area contributed by atoms with Gasteiger partial charge in [0.1, 0.15) is 6.04 Å². The van der Waals surface area contributed by atoms with Crippen LogP contribution in [-0.4, -0.2) is 22.5 Å². The lowest BCUT2D eigenvalue weighted by Gasteiger charge is -2.37. The summed E-state index contributed by atoms with van der Waals surface area (Å²) >= 11 is 3.48. The van der Waals surface area contributed by atoms with E-state index in [9.17, 15) is 9.90 Å². The predicted molar refractivity (Wildman–Crippen MR) is 87.2 cm³/mol. The smallest absolute Gasteiger partial charge is 0.325 e. The average molecular weight is 321 g/mol. The molecule has 112 valence electrons. The minimum absolute atomic E-state index is 0.143. The molecule has 0 bridgehead atoms. The Balaban J connectivity index is 1.92. The van der Waals surface area contributed by atoms with Gasteiger partial charge >= 0.3 is 5.97 Å². The van der Waals surface area contributed by atoms with E-state index in [0.717, 1.165) is 24.9 Å². The van der Waals surface area contributed by atoms with Gasteiger partial charge in [0.2, 0.25) is 0 Å². The number of carboxylic acids is 1. The van der Waals surface area contributed by atoms with Gasteiger partial charge in [-0.25, -0.2) is 0 Å². The Kier molecular flexibility index (Phi) is 4.15. The van der Waals surface area contributed by atoms with E-state index in [0.29, 0.717) is 0 Å². The molecule has 21 heavy (non-hydrogen) atoms. The van der Waals surface area contributed by atoms with Gasteiger partial charge in [-0.1, -0.05) is 6.92 Å². The predicted octanol–water partition coefficient (Wildman–Crippen LogP) is 4.12. The minimum atomic E-state index is -0.742. The minimum Gasteiger partial charge on any atom is -0.480 e. The normalized spacial score (nSPS) is 20.2. The number of thiophene rings is 2. The van der Waals surface area contributed by atoms with Crippen molar-refractivity contribution in [3.63, 3.8) is 0 Å². The van der Waals surface area contributed by atoms with Gasteiger partial charge < -0.3 is 5.11 Å². The third-order valence-corrected chi connectivity index (χ3v) is 6.57. The van der Waals surface area contributed by atoms with Gasteiger partial charge in [0.15, 0.2) is 0 Å². The number of rotatable bonds is 4. The van der Waals surface area contributed by atoms with Crippen LogP contribution in [0.1, 0.15) is 46.1 Å². The molecule has 2 atom stereocenters. The monoisotopic (exact) mass is 321 g/mol. The van der Waals surface area contributed by atoms with Crippen LogP contribution in [0.15, 0.2) is 23.6 Å². The molecular weight excluding hydrogens is 302 g/mol. The molecule has 1 aliphatic heterocycles. The van der Waals surface area contributed by atoms with Gasteiger partial charge in [-0.3, -0.25) is 9.69 Å². The van der Waals surface area contributed by atoms with Gasteiger partial charge in [0.25, 0.3) is 0 Å². The molecule has 3 nitrogen and oxygen atoms in total. The molecule has 0 saturated carbocycles. The topological polar surface area (TPSA) is 40.5 Å². The van der Waals surface area contributed by atoms with Crippen LogP contribution in [0.5, 0.6) is 0 Å². The van der Waals surface area contributed by atoms with Crippen LogP contribution in [0, 0.1) is 0 Å². The highest BCUT2D eigenvalue weighted by molar-refractivity contribution is 7.12. The number of nitrogens with zero attached hydrogens (tertiary/aromatic N) is 1. The Hall–Kier alpha value is -1.17. The summed E-state index contributed by atoms with van der Waals surface area (Å²) in [5.41, 5.74) is 0.984. The first-order chi connectivity index (χ1) is 10.1. The van der Waals surface area contributed by atoms with E-state index >= 15 is 0 Å². The van der Waals surface area contributed by atoms with E-state index in [4.69, 9.17) is 0 Å². The van der Waals surface area contributed by atoms with Crippen LogP contribution in [0.4, 0.5) is 0 Å². The van der Waals surface area contributed by atoms with Crippen LogP contribution in [0.3, 0.4) is 0 Å². The maximum atomic E-state index is 11.8. The Labute approximate surface area is 132 Å². The maximum absolute atomic E-state index is 11.8. The van der Waals surface area contributed by atoms with E-state index < -0.39 is 12.0 Å². The standard InChI is InChI=1S/C16H19NO2S2/c1-3-11-4-5-13(21-11)10(2)17-8-6-14-12(7-9-20-14)15(17)16(18)19/h4-5,7,9-10,15H,3,6,8H2,1-2H3,(H,18,19). The molecule has 0 spiro atoms. The summed E-state index contributed by atoms with van der Waals surface area (Å²) in [6.45, 7) is 5.09. The van der Waals surface area contributed by atoms with Gasteiger partial charge in [-0.2, -0.15) is 0 Å². The number of hydrogen-bond acceptors (Lipinski definition) is 4. The van der Waals surface area contributed by atoms with Crippen LogP contribution in [0.25, 0.3) is 0 Å². The molecule has 3 rings (SSSR count). The molecule has 0 aliphatic carbocycles. The zero-order chi connectivity index (χ0) is 15.0. The molecule has 3 heterocycles. The molecule has 1 aliphatic rings. The van der Waals surface area contributed by atoms with Gasteiger partial charge in [0, 0.05) is 27.2 Å². The lowest BCUT2D eigenvalue weighted by Crippen LogP contribution is -2.40. The van der Waals surface area contributed by atoms with Crippen molar-refractivity contribution in [3.05, 3.63) is 43.8 Å². The molecule has 0 aromatic carbocycles. The van der Waals surface area contributed by atoms with Crippen molar-refractivity contribution in [2.24, 2.45) is 0 Å². The average Bonchev–Trinajstić information content (AvgIpc) is 3.13. The number of aliphatic carboxylic acids is 1. The first-order valence-electron chi connectivity index (χ1n) is 7.25. The number of fused-ring (bicyclic) bond motifs is 1. The van der Waals surface area contributed by atoms with Crippen molar-refractivity contribution in [1.82, 2.24) is 4.90 Å². The van der Waals surface area contributed by atoms with E-state index in [1.54, 1.807) is 22.7 Å². The van der Waals surface area contributed by atoms with Crippen molar-refractivity contribution in [2.45, 2.75) is 38.8 Å². The Morgan fingerprint density at radius 2 is 2.29 bits per heavy atom. The summed E-state index contributed by atoms with van der Waals surface area (Å²) < 4.78 is 0. The first kappa shape index (κ1) is 14.8. The zero-order valence-electron chi connectivity index (χ0n) is 12.2. The molecule has 0 radical (unpaired) electrons. The largest absolute Gasteiger partial charge is 0.480 e. The van der Waals surface area contributed by atoms with Crippen molar-refractivity contribution in [3.8, 4) is 0 Å². The molecule has 5 heteroatoms. The number of carbonyl (C=O) groups is 1. The molecule has 0 amide bonds. The number of carboxylic acid groups (broad SMARTS) is 1. The summed E-state index contributed by atoms with van der Waals surface area (Å²) in [5, 5.41) is 11.7. The fourth-order valence-corrected chi connectivity index (χ4v) is 4.93. The second kappa shape index (κ2) is 5.91. The number of hydrogen-bond donors (Lipinski definition) is 1. The highest BCUT2D eigenvalue weighted by Crippen LogP contribution is 2.39. The molecular formula is C16H19NO2S2. The van der Waals surface area contributed by atoms with Crippen molar-refractivity contribution >= 4 is 28.6 Å². The Morgan fingerprint density at radius 3 is 2.95 bits per heavy atom. The van der Waals surface area contributed by atoms with Crippen molar-refractivity contribution < 1.29 is 9.90 Å². The highest BCUT2D eigenvalue weighted by Gasteiger charge is 2.36. The second-order valence-electron chi connectivity index (χ2n) is 5.36. The third-order valence-electron chi connectivity index (χ3n) is 4.18. The number of aryl methyl sites for hydroxylation is 1. The highest BCUT2D eigenvalue weighted by atomic mass is 32.1. The van der Waals surface area contributed by atoms with Gasteiger partial charge in [-0.15, -0.1) is 22.7 Å². The van der Waals surface area contributed by atoms with Gasteiger partial charge in [-0.05, 0) is 48.9 Å². The fourth-order valence-electron chi connectivity index (χ4n) is 3.00. The second-order valence-corrected chi connectivity index (χ2v) is 7.56. The third kappa shape index (κ3) is 2.65. The summed E-state index contributed by atoms with van der Waals surface area (Å²) in [6, 6.07) is 5.91. The molecule has 2 aromatic heterocycles. The van der Waals surface area contributed by atoms with Gasteiger partial charge in [0.05, 0.1) is 0 Å². The molecule has 0 fully saturated rings. The van der Waals surface area contributed by atoms with Crippen molar-refractivity contribution in [2.75, 3.05) is 6.54 Å². The lowest BCUT2D eigenvalue weighted by atomic mass is 9.98. The maximum Gasteiger partial charge on any atom is 0.325 e. The fraction of sp³-hybridized carbons (Fsp3) is 0.438. The Bertz CT molecular complexity index is 646. The summed E-state index contributed by atoms with van der Waals surface area (Å²) in [6.07, 6.45) is 1.99. The SMILES string of the molecule is CCc1ccc(C(C)N2CCc3sccc3C2C(=O)O)s1. The zero-order valence-corrected chi connectivity index (χ0v) is 13.8. The van der Waals surface area contributed by atoms with Crippen LogP contribution in [-0.2, 0) is 17.6 Å². The molecule has 0 saturated heterocycles. The molecule has 2 unspecified atom stereocenters. The van der Waals surface area contributed by atoms with E-state index in [1.807, 2.05) is 11.4 Å². The van der Waals surface area contributed by atoms with Crippen LogP contribution >= 0.6 is 22.7 Å². The first-order valence-corrected chi connectivity index (χ1v) is 8.94. The summed E-state index contributed by atoms with van der Waals surface area (Å²) in [7, 11) is 0. The van der Waals surface area contributed by atoms with Crippen LogP contribution < -0.4 is 0 Å². The van der Waals surface area contributed by atoms with E-state index in [1.165, 1.54) is 14.6 Å². The lowest BCUT2D eigenvalue weighted by molar-refractivity contribution is -0.145. The van der Waals surface area contributed by atoms with Crippen molar-refractivity contribution in [1.29, 1.82) is 0 Å².